The van der Waals surface area contributed by atoms with Gasteiger partial charge >= 0.3 is 0 Å². The molecule has 2 nitrogen and oxygen atoms in total. The van der Waals surface area contributed by atoms with Crippen molar-refractivity contribution in [3.05, 3.63) is 0 Å². The van der Waals surface area contributed by atoms with E-state index in [-0.39, 0.29) is 12.8 Å². The van der Waals surface area contributed by atoms with Crippen LogP contribution in [0.1, 0.15) is 19.8 Å². The molecule has 0 radical (unpaired) electrons. The summed E-state index contributed by atoms with van der Waals surface area (Å²) in [6.45, 7) is 2.05. The second-order valence-corrected chi connectivity index (χ2v) is 4.13. The van der Waals surface area contributed by atoms with E-state index in [1.807, 2.05) is 0 Å². The van der Waals surface area contributed by atoms with Gasteiger partial charge in [0.05, 0.1) is 5.04 Å². The minimum Gasteiger partial charge on any atom is -0.386 e. The van der Waals surface area contributed by atoms with Crippen molar-refractivity contribution in [3.8, 4) is 0 Å². The Kier molecular flexibility index (Phi) is 3.67. The molecular formula is C8H13F2NOS. The van der Waals surface area contributed by atoms with Crippen LogP contribution in [-0.2, 0) is 0 Å². The average molecular weight is 209 g/mol. The normalized spacial score (nSPS) is 20.2. The van der Waals surface area contributed by atoms with Crippen LogP contribution in [0.2, 0.25) is 0 Å². The Labute approximate surface area is 80.4 Å². The van der Waals surface area contributed by atoms with Crippen molar-refractivity contribution in [2.45, 2.75) is 31.8 Å². The van der Waals surface area contributed by atoms with E-state index in [9.17, 15) is 13.9 Å². The molecule has 0 saturated carbocycles. The van der Waals surface area contributed by atoms with E-state index in [0.717, 1.165) is 5.75 Å². The van der Waals surface area contributed by atoms with Gasteiger partial charge in [-0.2, -0.15) is 0 Å². The highest BCUT2D eigenvalue weighted by Gasteiger charge is 2.37. The molecule has 13 heavy (non-hydrogen) atoms. The number of rotatable bonds is 4. The number of thioether (sulfide) groups is 1. The van der Waals surface area contributed by atoms with Crippen LogP contribution in [0.5, 0.6) is 0 Å². The molecular weight excluding hydrogens is 196 g/mol. The van der Waals surface area contributed by atoms with E-state index in [1.165, 1.54) is 18.7 Å². The number of aliphatic imine (C=N–C) groups is 1. The molecule has 0 saturated heterocycles. The number of alkyl halides is 2. The predicted octanol–water partition coefficient (Wildman–Crippen LogP) is 1.93. The fourth-order valence-electron chi connectivity index (χ4n) is 1.05. The number of aliphatic hydroxyl groups is 1. The summed E-state index contributed by atoms with van der Waals surface area (Å²) in [5, 5.41) is 9.85. The lowest BCUT2D eigenvalue weighted by atomic mass is 10.1. The van der Waals surface area contributed by atoms with Crippen molar-refractivity contribution in [1.29, 1.82) is 0 Å². The third-order valence-corrected chi connectivity index (χ3v) is 2.99. The molecule has 1 atom stereocenters. The van der Waals surface area contributed by atoms with E-state index < -0.39 is 12.0 Å². The third-order valence-electron chi connectivity index (χ3n) is 1.97. The summed E-state index contributed by atoms with van der Waals surface area (Å²) in [5.41, 5.74) is 0. The van der Waals surface area contributed by atoms with Crippen molar-refractivity contribution in [1.82, 2.24) is 0 Å². The zero-order chi connectivity index (χ0) is 9.90. The Morgan fingerprint density at radius 3 is 2.85 bits per heavy atom. The fourth-order valence-corrected chi connectivity index (χ4v) is 1.93. The molecule has 5 heteroatoms. The van der Waals surface area contributed by atoms with Crippen LogP contribution in [0.25, 0.3) is 0 Å². The molecule has 0 aliphatic carbocycles. The summed E-state index contributed by atoms with van der Waals surface area (Å²) in [5.74, 6) is -2.13. The van der Waals surface area contributed by atoms with Crippen LogP contribution < -0.4 is 0 Å². The summed E-state index contributed by atoms with van der Waals surface area (Å²) < 4.78 is 25.8. The quantitative estimate of drug-likeness (QED) is 0.767. The molecule has 1 rings (SSSR count). The molecule has 0 aromatic rings. The molecule has 0 fully saturated rings. The van der Waals surface area contributed by atoms with Crippen LogP contribution in [0.3, 0.4) is 0 Å². The summed E-state index contributed by atoms with van der Waals surface area (Å²) in [4.78, 5) is 4.01. The lowest BCUT2D eigenvalue weighted by molar-refractivity contribution is -0.106. The number of hydrogen-bond acceptors (Lipinski definition) is 3. The van der Waals surface area contributed by atoms with Crippen LogP contribution in [0.4, 0.5) is 8.78 Å². The van der Waals surface area contributed by atoms with Gasteiger partial charge in [0.15, 0.2) is 0 Å². The van der Waals surface area contributed by atoms with Gasteiger partial charge in [-0.05, 0) is 0 Å². The molecule has 1 aliphatic rings. The summed E-state index contributed by atoms with van der Waals surface area (Å²) in [7, 11) is 0. The molecule has 1 heterocycles. The zero-order valence-corrected chi connectivity index (χ0v) is 8.28. The van der Waals surface area contributed by atoms with Crippen molar-refractivity contribution < 1.29 is 13.9 Å². The first kappa shape index (κ1) is 10.9. The van der Waals surface area contributed by atoms with Gasteiger partial charge in [0.1, 0.15) is 6.10 Å². The average Bonchev–Trinajstić information content (AvgIpc) is 2.57. The molecule has 1 aliphatic heterocycles. The van der Waals surface area contributed by atoms with Gasteiger partial charge < -0.3 is 5.11 Å². The third kappa shape index (κ3) is 2.91. The molecule has 0 bridgehead atoms. The lowest BCUT2D eigenvalue weighted by Gasteiger charge is -2.20. The molecule has 1 N–H and O–H groups in total. The smallest absolute Gasteiger partial charge is 0.273 e. The van der Waals surface area contributed by atoms with E-state index in [4.69, 9.17) is 0 Å². The minimum absolute atomic E-state index is 0.00843. The topological polar surface area (TPSA) is 32.6 Å². The van der Waals surface area contributed by atoms with Gasteiger partial charge in [-0.3, -0.25) is 4.99 Å². The van der Waals surface area contributed by atoms with Gasteiger partial charge in [0.2, 0.25) is 0 Å². The van der Waals surface area contributed by atoms with Crippen LogP contribution in [0, 0.1) is 0 Å². The Bertz CT molecular complexity index is 208. The van der Waals surface area contributed by atoms with E-state index in [1.54, 1.807) is 0 Å². The SMILES string of the molecule is CCC(F)(F)C(O)CC1=NCCS1. The highest BCUT2D eigenvalue weighted by Crippen LogP contribution is 2.27. The van der Waals surface area contributed by atoms with Gasteiger partial charge in [0.25, 0.3) is 5.92 Å². The lowest BCUT2D eigenvalue weighted by Crippen LogP contribution is -2.33. The summed E-state index contributed by atoms with van der Waals surface area (Å²) in [6, 6.07) is 0. The highest BCUT2D eigenvalue weighted by atomic mass is 32.2. The predicted molar refractivity (Wildman–Crippen MR) is 50.6 cm³/mol. The maximum atomic E-state index is 12.9. The Morgan fingerprint density at radius 1 is 1.69 bits per heavy atom. The van der Waals surface area contributed by atoms with E-state index >= 15 is 0 Å². The van der Waals surface area contributed by atoms with Crippen molar-refractivity contribution in [3.63, 3.8) is 0 Å². The first-order valence-electron chi connectivity index (χ1n) is 4.28. The molecule has 1 unspecified atom stereocenters. The van der Waals surface area contributed by atoms with Gasteiger partial charge in [-0.25, -0.2) is 8.78 Å². The van der Waals surface area contributed by atoms with Crippen molar-refractivity contribution >= 4 is 16.8 Å². The Hall–Kier alpha value is -0.160. The van der Waals surface area contributed by atoms with Gasteiger partial charge in [0, 0.05) is 25.1 Å². The van der Waals surface area contributed by atoms with Gasteiger partial charge in [-0.15, -0.1) is 11.8 Å². The fraction of sp³-hybridized carbons (Fsp3) is 0.875. The molecule has 0 aromatic carbocycles. The monoisotopic (exact) mass is 209 g/mol. The van der Waals surface area contributed by atoms with Crippen LogP contribution >= 0.6 is 11.8 Å². The largest absolute Gasteiger partial charge is 0.386 e. The number of hydrogen-bond donors (Lipinski definition) is 1. The molecule has 0 amide bonds. The van der Waals surface area contributed by atoms with Gasteiger partial charge in [-0.1, -0.05) is 6.92 Å². The maximum Gasteiger partial charge on any atom is 0.273 e. The zero-order valence-electron chi connectivity index (χ0n) is 7.46. The molecule has 0 spiro atoms. The highest BCUT2D eigenvalue weighted by molar-refractivity contribution is 8.14. The Morgan fingerprint density at radius 2 is 2.38 bits per heavy atom. The second-order valence-electron chi connectivity index (χ2n) is 2.96. The first-order valence-corrected chi connectivity index (χ1v) is 5.27. The van der Waals surface area contributed by atoms with E-state index in [0.29, 0.717) is 11.6 Å². The number of nitrogens with zero attached hydrogens (tertiary/aromatic N) is 1. The van der Waals surface area contributed by atoms with Crippen molar-refractivity contribution in [2.24, 2.45) is 4.99 Å². The second kappa shape index (κ2) is 4.37. The standard InChI is InChI=1S/C8H13F2NOS/c1-2-8(9,10)6(12)5-7-11-3-4-13-7/h6,12H,2-5H2,1H3. The minimum atomic E-state index is -2.98. The maximum absolute atomic E-state index is 12.9. The van der Waals surface area contributed by atoms with Crippen LogP contribution in [-0.4, -0.2) is 34.5 Å². The summed E-state index contributed by atoms with van der Waals surface area (Å²) in [6.07, 6.45) is -1.92. The molecule has 0 aromatic heterocycles. The Balaban J connectivity index is 2.44. The first-order chi connectivity index (χ1) is 6.06. The van der Waals surface area contributed by atoms with Crippen LogP contribution in [0.15, 0.2) is 4.99 Å². The number of halogens is 2. The van der Waals surface area contributed by atoms with Crippen molar-refractivity contribution in [2.75, 3.05) is 12.3 Å². The number of aliphatic hydroxyl groups excluding tert-OH is 1. The molecule has 76 valence electrons. The summed E-state index contributed by atoms with van der Waals surface area (Å²) >= 11 is 1.45. The van der Waals surface area contributed by atoms with E-state index in [2.05, 4.69) is 4.99 Å².